The Morgan fingerprint density at radius 2 is 1.82 bits per heavy atom. The minimum Gasteiger partial charge on any atom is -0.496 e. The minimum atomic E-state index is -0.165. The van der Waals surface area contributed by atoms with E-state index in [2.05, 4.69) is 6.92 Å². The van der Waals surface area contributed by atoms with Gasteiger partial charge in [-0.15, -0.1) is 0 Å². The van der Waals surface area contributed by atoms with Crippen molar-refractivity contribution in [2.75, 3.05) is 13.7 Å². The molecule has 0 amide bonds. The molecule has 4 heteroatoms. The summed E-state index contributed by atoms with van der Waals surface area (Å²) in [6.45, 7) is 4.92. The molecule has 2 aromatic rings. The smallest absolute Gasteiger partial charge is 0.306 e. The quantitative estimate of drug-likeness (QED) is 0.338. The first-order valence-corrected chi connectivity index (χ1v) is 10.2. The molecule has 0 fully saturated rings. The van der Waals surface area contributed by atoms with E-state index >= 15 is 0 Å². The largest absolute Gasteiger partial charge is 0.496 e. The zero-order valence-electron chi connectivity index (χ0n) is 17.3. The molecule has 0 saturated heterocycles. The predicted octanol–water partition coefficient (Wildman–Crippen LogP) is 5.89. The normalized spacial score (nSPS) is 11.7. The minimum absolute atomic E-state index is 0.0563. The van der Waals surface area contributed by atoms with E-state index in [1.54, 1.807) is 7.11 Å². The standard InChI is InChI=1S/C24H32O4/c1-4-6-8-13-20(16-24(25)27-5-2)22-17-21(14-15-23(22)26-3)28-18-19-11-9-7-10-12-19/h7,9-12,14-15,17,20H,4-6,8,13,16,18H2,1-3H3. The van der Waals surface area contributed by atoms with Crippen LogP contribution in [0.5, 0.6) is 11.5 Å². The van der Waals surface area contributed by atoms with E-state index < -0.39 is 0 Å². The van der Waals surface area contributed by atoms with E-state index in [1.165, 1.54) is 0 Å². The zero-order valence-corrected chi connectivity index (χ0v) is 17.3. The first kappa shape index (κ1) is 21.8. The van der Waals surface area contributed by atoms with Crippen molar-refractivity contribution in [3.63, 3.8) is 0 Å². The molecule has 1 unspecified atom stereocenters. The second-order valence-electron chi connectivity index (χ2n) is 6.88. The van der Waals surface area contributed by atoms with Crippen LogP contribution in [0.3, 0.4) is 0 Å². The summed E-state index contributed by atoms with van der Waals surface area (Å²) >= 11 is 0. The maximum absolute atomic E-state index is 12.2. The molecular formula is C24H32O4. The highest BCUT2D eigenvalue weighted by atomic mass is 16.5. The summed E-state index contributed by atoms with van der Waals surface area (Å²) in [5, 5.41) is 0. The first-order chi connectivity index (χ1) is 13.7. The van der Waals surface area contributed by atoms with Gasteiger partial charge in [0.05, 0.1) is 20.1 Å². The number of carbonyl (C=O) groups excluding carboxylic acids is 1. The summed E-state index contributed by atoms with van der Waals surface area (Å²) in [7, 11) is 1.66. The van der Waals surface area contributed by atoms with Crippen LogP contribution in [0.4, 0.5) is 0 Å². The molecule has 0 aliphatic rings. The molecule has 1 atom stereocenters. The van der Waals surface area contributed by atoms with Crippen molar-refractivity contribution < 1.29 is 19.0 Å². The summed E-state index contributed by atoms with van der Waals surface area (Å²) in [6, 6.07) is 15.9. The summed E-state index contributed by atoms with van der Waals surface area (Å²) in [6.07, 6.45) is 4.63. The second-order valence-corrected chi connectivity index (χ2v) is 6.88. The summed E-state index contributed by atoms with van der Waals surface area (Å²) < 4.78 is 16.8. The van der Waals surface area contributed by atoms with E-state index in [0.717, 1.165) is 48.3 Å². The van der Waals surface area contributed by atoms with Crippen LogP contribution in [-0.4, -0.2) is 19.7 Å². The Morgan fingerprint density at radius 1 is 1.04 bits per heavy atom. The fourth-order valence-corrected chi connectivity index (χ4v) is 3.29. The van der Waals surface area contributed by atoms with E-state index in [9.17, 15) is 4.79 Å². The molecule has 0 spiro atoms. The van der Waals surface area contributed by atoms with Crippen LogP contribution >= 0.6 is 0 Å². The molecule has 2 aromatic carbocycles. The fraction of sp³-hybridized carbons (Fsp3) is 0.458. The number of methoxy groups -OCH3 is 1. The average molecular weight is 385 g/mol. The summed E-state index contributed by atoms with van der Waals surface area (Å²) in [4.78, 5) is 12.2. The van der Waals surface area contributed by atoms with Gasteiger partial charge in [-0.2, -0.15) is 0 Å². The van der Waals surface area contributed by atoms with Crippen LogP contribution in [0, 0.1) is 0 Å². The van der Waals surface area contributed by atoms with Crippen molar-refractivity contribution in [3.8, 4) is 11.5 Å². The summed E-state index contributed by atoms with van der Waals surface area (Å²) in [5.41, 5.74) is 2.13. The van der Waals surface area contributed by atoms with Crippen LogP contribution in [0.25, 0.3) is 0 Å². The predicted molar refractivity (Wildman–Crippen MR) is 112 cm³/mol. The molecule has 28 heavy (non-hydrogen) atoms. The molecule has 2 rings (SSSR count). The molecule has 0 aliphatic heterocycles. The lowest BCUT2D eigenvalue weighted by Crippen LogP contribution is -2.12. The fourth-order valence-electron chi connectivity index (χ4n) is 3.29. The number of rotatable bonds is 12. The zero-order chi connectivity index (χ0) is 20.2. The maximum atomic E-state index is 12.2. The Hall–Kier alpha value is -2.49. The highest BCUT2D eigenvalue weighted by Crippen LogP contribution is 2.36. The lowest BCUT2D eigenvalue weighted by molar-refractivity contribution is -0.143. The van der Waals surface area contributed by atoms with Gasteiger partial charge in [0.1, 0.15) is 18.1 Å². The number of hydrogen-bond acceptors (Lipinski definition) is 4. The maximum Gasteiger partial charge on any atom is 0.306 e. The van der Waals surface area contributed by atoms with Gasteiger partial charge in [-0.3, -0.25) is 4.79 Å². The topological polar surface area (TPSA) is 44.8 Å². The number of esters is 1. The highest BCUT2D eigenvalue weighted by Gasteiger charge is 2.21. The van der Waals surface area contributed by atoms with Crippen molar-refractivity contribution in [1.29, 1.82) is 0 Å². The Labute approximate surface area is 168 Å². The van der Waals surface area contributed by atoms with Crippen molar-refractivity contribution in [2.24, 2.45) is 0 Å². The Bertz CT molecular complexity index is 712. The van der Waals surface area contributed by atoms with Gasteiger partial charge in [0, 0.05) is 5.56 Å². The second kappa shape index (κ2) is 12.1. The third kappa shape index (κ3) is 6.91. The number of benzene rings is 2. The van der Waals surface area contributed by atoms with E-state index in [-0.39, 0.29) is 11.9 Å². The van der Waals surface area contributed by atoms with Crippen molar-refractivity contribution in [1.82, 2.24) is 0 Å². The van der Waals surface area contributed by atoms with Crippen LogP contribution in [-0.2, 0) is 16.1 Å². The van der Waals surface area contributed by atoms with Gasteiger partial charge in [0.25, 0.3) is 0 Å². The van der Waals surface area contributed by atoms with Crippen molar-refractivity contribution >= 4 is 5.97 Å². The first-order valence-electron chi connectivity index (χ1n) is 10.2. The molecule has 0 aliphatic carbocycles. The molecule has 0 heterocycles. The van der Waals surface area contributed by atoms with Crippen LogP contribution in [0.1, 0.15) is 63.0 Å². The molecule has 0 radical (unpaired) electrons. The number of unbranched alkanes of at least 4 members (excludes halogenated alkanes) is 2. The Kier molecular flexibility index (Phi) is 9.40. The third-order valence-corrected chi connectivity index (χ3v) is 4.76. The van der Waals surface area contributed by atoms with E-state index in [0.29, 0.717) is 19.6 Å². The van der Waals surface area contributed by atoms with Gasteiger partial charge in [0.2, 0.25) is 0 Å². The molecule has 0 bridgehead atoms. The Balaban J connectivity index is 2.19. The monoisotopic (exact) mass is 384 g/mol. The van der Waals surface area contributed by atoms with Gasteiger partial charge in [-0.25, -0.2) is 0 Å². The lowest BCUT2D eigenvalue weighted by atomic mass is 9.89. The molecule has 0 aromatic heterocycles. The summed E-state index contributed by atoms with van der Waals surface area (Å²) in [5.74, 6) is 1.46. The molecule has 152 valence electrons. The molecule has 4 nitrogen and oxygen atoms in total. The molecular weight excluding hydrogens is 352 g/mol. The van der Waals surface area contributed by atoms with Crippen LogP contribution < -0.4 is 9.47 Å². The molecule has 0 N–H and O–H groups in total. The number of ether oxygens (including phenoxy) is 3. The number of hydrogen-bond donors (Lipinski definition) is 0. The van der Waals surface area contributed by atoms with Gasteiger partial charge >= 0.3 is 5.97 Å². The molecule has 0 saturated carbocycles. The van der Waals surface area contributed by atoms with Crippen molar-refractivity contribution in [2.45, 2.75) is 58.5 Å². The lowest BCUT2D eigenvalue weighted by Gasteiger charge is -2.20. The third-order valence-electron chi connectivity index (χ3n) is 4.76. The Morgan fingerprint density at radius 3 is 2.50 bits per heavy atom. The highest BCUT2D eigenvalue weighted by molar-refractivity contribution is 5.71. The SMILES string of the molecule is CCCCCC(CC(=O)OCC)c1cc(OCc2ccccc2)ccc1OC. The van der Waals surface area contributed by atoms with Crippen LogP contribution in [0.15, 0.2) is 48.5 Å². The van der Waals surface area contributed by atoms with Gasteiger partial charge in [-0.1, -0.05) is 56.5 Å². The van der Waals surface area contributed by atoms with E-state index in [1.807, 2.05) is 55.5 Å². The van der Waals surface area contributed by atoms with Gasteiger partial charge in [-0.05, 0) is 43.0 Å². The van der Waals surface area contributed by atoms with E-state index in [4.69, 9.17) is 14.2 Å². The van der Waals surface area contributed by atoms with Crippen molar-refractivity contribution in [3.05, 3.63) is 59.7 Å². The average Bonchev–Trinajstić information content (AvgIpc) is 2.72. The van der Waals surface area contributed by atoms with Gasteiger partial charge in [0.15, 0.2) is 0 Å². The van der Waals surface area contributed by atoms with Crippen LogP contribution in [0.2, 0.25) is 0 Å². The number of carbonyl (C=O) groups is 1. The van der Waals surface area contributed by atoms with Gasteiger partial charge < -0.3 is 14.2 Å².